The average Bonchev–Trinajstić information content (AvgIpc) is 3.06. The first-order valence-corrected chi connectivity index (χ1v) is 9.04. The van der Waals surface area contributed by atoms with Crippen LogP contribution in [-0.4, -0.2) is 59.6 Å². The molecule has 0 bridgehead atoms. The van der Waals surface area contributed by atoms with Crippen LogP contribution in [-0.2, 0) is 23.9 Å². The fraction of sp³-hybridized carbons (Fsp3) is 0.450. The fourth-order valence-corrected chi connectivity index (χ4v) is 5.21. The number of rotatable bonds is 2. The van der Waals surface area contributed by atoms with Crippen molar-refractivity contribution in [3.63, 3.8) is 0 Å². The third kappa shape index (κ3) is 1.90. The number of imide groups is 1. The molecule has 0 N–H and O–H groups in total. The van der Waals surface area contributed by atoms with Gasteiger partial charge in [-0.2, -0.15) is 0 Å². The number of nitrogens with zero attached hydrogens (tertiary/aromatic N) is 2. The molecule has 6 atom stereocenters. The van der Waals surface area contributed by atoms with Gasteiger partial charge in [0.2, 0.25) is 5.91 Å². The van der Waals surface area contributed by atoms with Gasteiger partial charge in [-0.15, -0.1) is 0 Å². The van der Waals surface area contributed by atoms with E-state index in [9.17, 15) is 14.4 Å². The zero-order valence-electron chi connectivity index (χ0n) is 15.3. The summed E-state index contributed by atoms with van der Waals surface area (Å²) in [5.74, 6) is -1.55. The molecule has 4 aliphatic rings. The number of fused-ring (bicyclic) bond motifs is 5. The number of hydrogen-bond donors (Lipinski definition) is 0. The lowest BCUT2D eigenvalue weighted by atomic mass is 9.74. The molecule has 1 unspecified atom stereocenters. The summed E-state index contributed by atoms with van der Waals surface area (Å²) in [6.07, 6.45) is 0.524. The smallest absolute Gasteiger partial charge is 0.263 e. The Morgan fingerprint density at radius 2 is 1.78 bits per heavy atom. The number of carbonyl (C=O) groups is 3. The second-order valence-electron chi connectivity index (χ2n) is 7.78. The van der Waals surface area contributed by atoms with E-state index >= 15 is 0 Å². The summed E-state index contributed by atoms with van der Waals surface area (Å²) in [5, 5.41) is 0. The molecular formula is C20H20N2O5. The molecule has 0 saturated carbocycles. The Morgan fingerprint density at radius 1 is 1.07 bits per heavy atom. The number of benzene rings is 1. The van der Waals surface area contributed by atoms with Gasteiger partial charge in [0.15, 0.2) is 12.2 Å². The van der Waals surface area contributed by atoms with Gasteiger partial charge < -0.3 is 14.4 Å². The Labute approximate surface area is 156 Å². The number of hydrogen-bond acceptors (Lipinski definition) is 5. The summed E-state index contributed by atoms with van der Waals surface area (Å²) >= 11 is 0. The summed E-state index contributed by atoms with van der Waals surface area (Å²) in [6.45, 7) is 3.77. The molecule has 1 aromatic rings. The van der Waals surface area contributed by atoms with Crippen LogP contribution in [0.2, 0.25) is 0 Å². The first kappa shape index (κ1) is 16.6. The number of methoxy groups -OCH3 is 1. The highest BCUT2D eigenvalue weighted by molar-refractivity contribution is 6.24. The highest BCUT2D eigenvalue weighted by Gasteiger charge is 2.70. The summed E-state index contributed by atoms with van der Waals surface area (Å²) < 4.78 is 11.5. The van der Waals surface area contributed by atoms with Crippen molar-refractivity contribution in [3.8, 4) is 0 Å². The number of anilines is 1. The van der Waals surface area contributed by atoms with Gasteiger partial charge in [0.1, 0.15) is 5.60 Å². The van der Waals surface area contributed by atoms with Gasteiger partial charge >= 0.3 is 0 Å². The van der Waals surface area contributed by atoms with E-state index in [4.69, 9.17) is 9.47 Å². The van der Waals surface area contributed by atoms with E-state index in [1.54, 1.807) is 29.2 Å². The van der Waals surface area contributed by atoms with E-state index in [1.807, 2.05) is 26.0 Å². The SMILES string of the molecule is CO[C@H]1C(=O)N2C3[C@H]4C(=O)N(c5ccccc5)C(=O)[C@H]4O[C@@]3(C)C=C(C)[C@H]12. The zero-order chi connectivity index (χ0) is 19.1. The van der Waals surface area contributed by atoms with Crippen LogP contribution in [0.4, 0.5) is 5.69 Å². The Kier molecular flexibility index (Phi) is 3.25. The van der Waals surface area contributed by atoms with Crippen molar-refractivity contribution in [2.75, 3.05) is 12.0 Å². The van der Waals surface area contributed by atoms with Crippen LogP contribution in [0.1, 0.15) is 13.8 Å². The third-order valence-electron chi connectivity index (χ3n) is 6.24. The van der Waals surface area contributed by atoms with E-state index in [1.165, 1.54) is 12.0 Å². The van der Waals surface area contributed by atoms with Crippen LogP contribution in [0, 0.1) is 5.92 Å². The quantitative estimate of drug-likeness (QED) is 0.440. The molecule has 4 heterocycles. The average molecular weight is 368 g/mol. The maximum absolute atomic E-state index is 13.2. The van der Waals surface area contributed by atoms with Crippen LogP contribution < -0.4 is 4.90 Å². The molecule has 7 nitrogen and oxygen atoms in total. The van der Waals surface area contributed by atoms with E-state index in [-0.39, 0.29) is 23.8 Å². The molecule has 0 spiro atoms. The molecule has 0 aliphatic carbocycles. The minimum atomic E-state index is -0.884. The number of amides is 3. The minimum Gasteiger partial charge on any atom is -0.369 e. The molecular weight excluding hydrogens is 348 g/mol. The third-order valence-corrected chi connectivity index (χ3v) is 6.24. The molecule has 3 fully saturated rings. The maximum Gasteiger partial charge on any atom is 0.263 e. The van der Waals surface area contributed by atoms with E-state index in [0.29, 0.717) is 5.69 Å². The Bertz CT molecular complexity index is 897. The maximum atomic E-state index is 13.2. The van der Waals surface area contributed by atoms with Gasteiger partial charge in [-0.05, 0) is 37.6 Å². The van der Waals surface area contributed by atoms with Gasteiger partial charge in [-0.1, -0.05) is 18.2 Å². The monoisotopic (exact) mass is 368 g/mol. The molecule has 27 heavy (non-hydrogen) atoms. The molecule has 0 aromatic heterocycles. The number of β-lactam (4-membered cyclic amide) rings is 1. The van der Waals surface area contributed by atoms with E-state index in [2.05, 4.69) is 0 Å². The van der Waals surface area contributed by atoms with Crippen molar-refractivity contribution in [3.05, 3.63) is 42.0 Å². The standard InChI is InChI=1S/C20H20N2O5/c1-10-9-20(2)16(22-13(10)15(26-3)19(22)25)12-14(27-20)18(24)21(17(12)23)11-7-5-4-6-8-11/h4-9,12-16H,1-3H3/t12-,13+,14-,15+,16?,20-/m0/s1. The fourth-order valence-electron chi connectivity index (χ4n) is 5.21. The van der Waals surface area contributed by atoms with Crippen molar-refractivity contribution in [2.45, 2.75) is 43.7 Å². The first-order chi connectivity index (χ1) is 12.9. The minimum absolute atomic E-state index is 0.158. The molecule has 3 amide bonds. The summed E-state index contributed by atoms with van der Waals surface area (Å²) in [7, 11) is 1.51. The molecule has 5 rings (SSSR count). The topological polar surface area (TPSA) is 76.2 Å². The first-order valence-electron chi connectivity index (χ1n) is 9.04. The lowest BCUT2D eigenvalue weighted by Crippen LogP contribution is -2.75. The molecule has 7 heteroatoms. The second kappa shape index (κ2) is 5.27. The lowest BCUT2D eigenvalue weighted by molar-refractivity contribution is -0.181. The molecule has 4 aliphatic heterocycles. The second-order valence-corrected chi connectivity index (χ2v) is 7.78. The summed E-state index contributed by atoms with van der Waals surface area (Å²) in [6, 6.07) is 8.10. The van der Waals surface area contributed by atoms with Crippen LogP contribution in [0.3, 0.4) is 0 Å². The van der Waals surface area contributed by atoms with Crippen LogP contribution in [0.15, 0.2) is 42.0 Å². The predicted octanol–water partition coefficient (Wildman–Crippen LogP) is 0.888. The molecule has 0 radical (unpaired) electrons. The Balaban J connectivity index is 1.57. The lowest BCUT2D eigenvalue weighted by Gasteiger charge is -2.56. The van der Waals surface area contributed by atoms with Gasteiger partial charge in [0.25, 0.3) is 11.8 Å². The predicted molar refractivity (Wildman–Crippen MR) is 94.7 cm³/mol. The molecule has 3 saturated heterocycles. The number of ether oxygens (including phenoxy) is 2. The Morgan fingerprint density at radius 3 is 2.44 bits per heavy atom. The number of para-hydroxylation sites is 1. The van der Waals surface area contributed by atoms with Gasteiger partial charge in [-0.25, -0.2) is 4.90 Å². The van der Waals surface area contributed by atoms with Crippen molar-refractivity contribution < 1.29 is 23.9 Å². The van der Waals surface area contributed by atoms with Crippen molar-refractivity contribution >= 4 is 23.4 Å². The van der Waals surface area contributed by atoms with Crippen molar-refractivity contribution in [1.29, 1.82) is 0 Å². The van der Waals surface area contributed by atoms with Crippen molar-refractivity contribution in [2.24, 2.45) is 5.92 Å². The van der Waals surface area contributed by atoms with Gasteiger partial charge in [-0.3, -0.25) is 14.4 Å². The molecule has 1 aromatic carbocycles. The summed E-state index contributed by atoms with van der Waals surface area (Å²) in [5.41, 5.74) is 0.620. The van der Waals surface area contributed by atoms with Crippen LogP contribution in [0.5, 0.6) is 0 Å². The summed E-state index contributed by atoms with van der Waals surface area (Å²) in [4.78, 5) is 41.8. The highest BCUT2D eigenvalue weighted by Crippen LogP contribution is 2.52. The Hall–Kier alpha value is -2.51. The van der Waals surface area contributed by atoms with E-state index in [0.717, 1.165) is 5.57 Å². The van der Waals surface area contributed by atoms with Gasteiger partial charge in [0, 0.05) is 7.11 Å². The largest absolute Gasteiger partial charge is 0.369 e. The zero-order valence-corrected chi connectivity index (χ0v) is 15.3. The normalized spacial score (nSPS) is 39.7. The number of carbonyl (C=O) groups excluding carboxylic acids is 3. The van der Waals surface area contributed by atoms with E-state index < -0.39 is 29.8 Å². The van der Waals surface area contributed by atoms with Gasteiger partial charge in [0.05, 0.1) is 23.7 Å². The molecule has 140 valence electrons. The highest BCUT2D eigenvalue weighted by atomic mass is 16.5. The van der Waals surface area contributed by atoms with Crippen molar-refractivity contribution in [1.82, 2.24) is 4.90 Å². The van der Waals surface area contributed by atoms with Crippen LogP contribution >= 0.6 is 0 Å². The van der Waals surface area contributed by atoms with Crippen LogP contribution in [0.25, 0.3) is 0 Å².